The monoisotopic (exact) mass is 302 g/mol. The fraction of sp³-hybridized carbons (Fsp3) is 0.471. The van der Waals surface area contributed by atoms with Gasteiger partial charge in [-0.3, -0.25) is 14.4 Å². The Hall–Kier alpha value is -2.17. The SMILES string of the molecule is CC(=O)c1cccc(NC(=O)C(=O)NC2CCC(C)CC2)c1. The summed E-state index contributed by atoms with van der Waals surface area (Å²) in [6.45, 7) is 3.66. The molecule has 0 aromatic heterocycles. The fourth-order valence-electron chi connectivity index (χ4n) is 2.66. The number of Topliss-reactive ketones (excluding diaryl/α,β-unsaturated/α-hetero) is 1. The molecule has 0 bridgehead atoms. The van der Waals surface area contributed by atoms with Crippen LogP contribution in [0.3, 0.4) is 0 Å². The Morgan fingerprint density at radius 2 is 1.73 bits per heavy atom. The van der Waals surface area contributed by atoms with Gasteiger partial charge in [-0.05, 0) is 50.7 Å². The van der Waals surface area contributed by atoms with Crippen LogP contribution in [-0.4, -0.2) is 23.6 Å². The second kappa shape index (κ2) is 7.20. The molecular weight excluding hydrogens is 280 g/mol. The molecule has 5 nitrogen and oxygen atoms in total. The average molecular weight is 302 g/mol. The van der Waals surface area contributed by atoms with Crippen molar-refractivity contribution >= 4 is 23.3 Å². The lowest BCUT2D eigenvalue weighted by atomic mass is 9.87. The van der Waals surface area contributed by atoms with Gasteiger partial charge in [0, 0.05) is 17.3 Å². The molecule has 1 aromatic carbocycles. The minimum atomic E-state index is -0.695. The summed E-state index contributed by atoms with van der Waals surface area (Å²) in [6.07, 6.45) is 3.99. The minimum absolute atomic E-state index is 0.0815. The van der Waals surface area contributed by atoms with E-state index >= 15 is 0 Å². The van der Waals surface area contributed by atoms with E-state index in [-0.39, 0.29) is 11.8 Å². The maximum atomic E-state index is 11.9. The van der Waals surface area contributed by atoms with Crippen molar-refractivity contribution in [3.63, 3.8) is 0 Å². The van der Waals surface area contributed by atoms with E-state index in [0.717, 1.165) is 25.7 Å². The lowest BCUT2D eigenvalue weighted by Crippen LogP contribution is -2.43. The average Bonchev–Trinajstić information content (AvgIpc) is 2.49. The third-order valence-corrected chi connectivity index (χ3v) is 4.08. The standard InChI is InChI=1S/C17H22N2O3/c1-11-6-8-14(9-7-11)18-16(21)17(22)19-15-5-3-4-13(10-15)12(2)20/h3-5,10-11,14H,6-9H2,1-2H3,(H,18,21)(H,19,22). The maximum absolute atomic E-state index is 11.9. The first-order valence-electron chi connectivity index (χ1n) is 7.68. The zero-order valence-electron chi connectivity index (χ0n) is 13.0. The van der Waals surface area contributed by atoms with Gasteiger partial charge in [0.15, 0.2) is 5.78 Å². The molecule has 0 unspecified atom stereocenters. The van der Waals surface area contributed by atoms with Crippen molar-refractivity contribution in [2.24, 2.45) is 5.92 Å². The van der Waals surface area contributed by atoms with Crippen molar-refractivity contribution in [1.29, 1.82) is 0 Å². The summed E-state index contributed by atoms with van der Waals surface area (Å²) >= 11 is 0. The number of ketones is 1. The molecule has 0 saturated heterocycles. The molecule has 5 heteroatoms. The van der Waals surface area contributed by atoms with E-state index in [4.69, 9.17) is 0 Å². The van der Waals surface area contributed by atoms with Crippen LogP contribution in [0.5, 0.6) is 0 Å². The first kappa shape index (κ1) is 16.2. The molecule has 0 atom stereocenters. The molecule has 1 aliphatic carbocycles. The van der Waals surface area contributed by atoms with Gasteiger partial charge in [-0.2, -0.15) is 0 Å². The van der Waals surface area contributed by atoms with Crippen molar-refractivity contribution in [3.05, 3.63) is 29.8 Å². The zero-order chi connectivity index (χ0) is 16.1. The Balaban J connectivity index is 1.90. The number of benzene rings is 1. The Kier molecular flexibility index (Phi) is 5.31. The van der Waals surface area contributed by atoms with Crippen LogP contribution in [0, 0.1) is 5.92 Å². The molecule has 1 saturated carbocycles. The van der Waals surface area contributed by atoms with Crippen LogP contribution in [0.15, 0.2) is 24.3 Å². The molecule has 0 heterocycles. The minimum Gasteiger partial charge on any atom is -0.345 e. The third kappa shape index (κ3) is 4.41. The van der Waals surface area contributed by atoms with Gasteiger partial charge in [0.1, 0.15) is 0 Å². The smallest absolute Gasteiger partial charge is 0.313 e. The lowest BCUT2D eigenvalue weighted by molar-refractivity contribution is -0.136. The van der Waals surface area contributed by atoms with Crippen LogP contribution in [0.1, 0.15) is 49.9 Å². The molecule has 0 spiro atoms. The van der Waals surface area contributed by atoms with Crippen molar-refractivity contribution in [2.45, 2.75) is 45.6 Å². The first-order valence-corrected chi connectivity index (χ1v) is 7.68. The van der Waals surface area contributed by atoms with E-state index in [1.54, 1.807) is 24.3 Å². The summed E-state index contributed by atoms with van der Waals surface area (Å²) in [5, 5.41) is 5.31. The zero-order valence-corrected chi connectivity index (χ0v) is 13.0. The van der Waals surface area contributed by atoms with Gasteiger partial charge in [0.25, 0.3) is 0 Å². The molecule has 0 radical (unpaired) electrons. The second-order valence-electron chi connectivity index (χ2n) is 6.02. The van der Waals surface area contributed by atoms with Crippen LogP contribution in [0.4, 0.5) is 5.69 Å². The Bertz CT molecular complexity index is 575. The summed E-state index contributed by atoms with van der Waals surface area (Å²) < 4.78 is 0. The van der Waals surface area contributed by atoms with E-state index in [1.807, 2.05) is 0 Å². The number of amides is 2. The molecule has 2 N–H and O–H groups in total. The maximum Gasteiger partial charge on any atom is 0.313 e. The molecule has 118 valence electrons. The van der Waals surface area contributed by atoms with Crippen LogP contribution < -0.4 is 10.6 Å². The third-order valence-electron chi connectivity index (χ3n) is 4.08. The molecular formula is C17H22N2O3. The fourth-order valence-corrected chi connectivity index (χ4v) is 2.66. The van der Waals surface area contributed by atoms with Gasteiger partial charge in [-0.1, -0.05) is 19.1 Å². The van der Waals surface area contributed by atoms with Crippen molar-refractivity contribution in [1.82, 2.24) is 5.32 Å². The van der Waals surface area contributed by atoms with Gasteiger partial charge >= 0.3 is 11.8 Å². The number of carbonyl (C=O) groups excluding carboxylic acids is 3. The van der Waals surface area contributed by atoms with Gasteiger partial charge in [-0.15, -0.1) is 0 Å². The second-order valence-corrected chi connectivity index (χ2v) is 6.02. The van der Waals surface area contributed by atoms with Gasteiger partial charge in [0.2, 0.25) is 0 Å². The summed E-state index contributed by atoms with van der Waals surface area (Å²) in [4.78, 5) is 35.2. The normalized spacial score (nSPS) is 21.0. The Labute approximate surface area is 130 Å². The van der Waals surface area contributed by atoms with E-state index in [0.29, 0.717) is 17.2 Å². The highest BCUT2D eigenvalue weighted by Crippen LogP contribution is 2.23. The molecule has 1 fully saturated rings. The van der Waals surface area contributed by atoms with Crippen LogP contribution >= 0.6 is 0 Å². The van der Waals surface area contributed by atoms with E-state index in [2.05, 4.69) is 17.6 Å². The highest BCUT2D eigenvalue weighted by molar-refractivity contribution is 6.39. The Morgan fingerprint density at radius 1 is 1.05 bits per heavy atom. The highest BCUT2D eigenvalue weighted by atomic mass is 16.2. The van der Waals surface area contributed by atoms with Crippen LogP contribution in [0.25, 0.3) is 0 Å². The van der Waals surface area contributed by atoms with Crippen LogP contribution in [-0.2, 0) is 9.59 Å². The van der Waals surface area contributed by atoms with Crippen molar-refractivity contribution < 1.29 is 14.4 Å². The molecule has 1 aromatic rings. The van der Waals surface area contributed by atoms with Crippen molar-refractivity contribution in [2.75, 3.05) is 5.32 Å². The van der Waals surface area contributed by atoms with E-state index < -0.39 is 11.8 Å². The number of hydrogen-bond acceptors (Lipinski definition) is 3. The number of anilines is 1. The molecule has 0 aliphatic heterocycles. The quantitative estimate of drug-likeness (QED) is 0.665. The summed E-state index contributed by atoms with van der Waals surface area (Å²) in [7, 11) is 0. The van der Waals surface area contributed by atoms with Gasteiger partial charge in [-0.25, -0.2) is 0 Å². The van der Waals surface area contributed by atoms with Gasteiger partial charge < -0.3 is 10.6 Å². The number of hydrogen-bond donors (Lipinski definition) is 2. The largest absolute Gasteiger partial charge is 0.345 e. The summed E-state index contributed by atoms with van der Waals surface area (Å²) in [6, 6.07) is 6.64. The van der Waals surface area contributed by atoms with Crippen molar-refractivity contribution in [3.8, 4) is 0 Å². The summed E-state index contributed by atoms with van der Waals surface area (Å²) in [5.41, 5.74) is 0.949. The first-order chi connectivity index (χ1) is 10.5. The topological polar surface area (TPSA) is 75.3 Å². The molecule has 2 amide bonds. The predicted molar refractivity (Wildman–Crippen MR) is 84.6 cm³/mol. The molecule has 2 rings (SSSR count). The van der Waals surface area contributed by atoms with E-state index in [1.165, 1.54) is 6.92 Å². The van der Waals surface area contributed by atoms with Gasteiger partial charge in [0.05, 0.1) is 0 Å². The lowest BCUT2D eigenvalue weighted by Gasteiger charge is -2.26. The molecule has 22 heavy (non-hydrogen) atoms. The Morgan fingerprint density at radius 3 is 2.36 bits per heavy atom. The van der Waals surface area contributed by atoms with Crippen LogP contribution in [0.2, 0.25) is 0 Å². The highest BCUT2D eigenvalue weighted by Gasteiger charge is 2.22. The predicted octanol–water partition coefficient (Wildman–Crippen LogP) is 2.52. The number of carbonyl (C=O) groups is 3. The summed E-state index contributed by atoms with van der Waals surface area (Å²) in [5.74, 6) is -0.708. The number of nitrogens with one attached hydrogen (secondary N) is 2. The van der Waals surface area contributed by atoms with E-state index in [9.17, 15) is 14.4 Å². The molecule has 1 aliphatic rings. The number of rotatable bonds is 3.